The number of hydrogen-bond acceptors (Lipinski definition) is 3. The molecule has 0 saturated carbocycles. The second-order valence-electron chi connectivity index (χ2n) is 4.82. The van der Waals surface area contributed by atoms with E-state index < -0.39 is 0 Å². The molecule has 2 rings (SSSR count). The molecule has 0 radical (unpaired) electrons. The molecule has 0 bridgehead atoms. The Labute approximate surface area is 115 Å². The van der Waals surface area contributed by atoms with E-state index in [1.807, 2.05) is 18.3 Å². The minimum atomic E-state index is 0.596. The van der Waals surface area contributed by atoms with E-state index in [1.54, 1.807) is 0 Å². The quantitative estimate of drug-likeness (QED) is 0.892. The smallest absolute Gasteiger partial charge is 0.0421 e. The standard InChI is InChI=1S/C16H21N3/c1-13-11-14(12-17)6-7-16(13)19(2)10-8-15-5-3-4-9-18-15/h3-7,9,11H,8,10,12,17H2,1-2H3. The average molecular weight is 255 g/mol. The van der Waals surface area contributed by atoms with Crippen LogP contribution in [0.3, 0.4) is 0 Å². The van der Waals surface area contributed by atoms with Crippen LogP contribution in [0.15, 0.2) is 42.6 Å². The van der Waals surface area contributed by atoms with Crippen molar-refractivity contribution in [2.24, 2.45) is 5.73 Å². The molecular formula is C16H21N3. The first-order chi connectivity index (χ1) is 9.20. The highest BCUT2D eigenvalue weighted by Gasteiger charge is 2.05. The van der Waals surface area contributed by atoms with E-state index in [1.165, 1.54) is 16.8 Å². The summed E-state index contributed by atoms with van der Waals surface area (Å²) in [5.41, 5.74) is 10.5. The van der Waals surface area contributed by atoms with Gasteiger partial charge in [0.05, 0.1) is 0 Å². The van der Waals surface area contributed by atoms with Crippen molar-refractivity contribution in [3.05, 3.63) is 59.4 Å². The Morgan fingerprint density at radius 2 is 2.05 bits per heavy atom. The SMILES string of the molecule is Cc1cc(CN)ccc1N(C)CCc1ccccn1. The van der Waals surface area contributed by atoms with Gasteiger partial charge in [0.25, 0.3) is 0 Å². The number of nitrogens with two attached hydrogens (primary N) is 1. The van der Waals surface area contributed by atoms with Gasteiger partial charge >= 0.3 is 0 Å². The molecule has 1 aromatic carbocycles. The maximum Gasteiger partial charge on any atom is 0.0421 e. The van der Waals surface area contributed by atoms with Gasteiger partial charge in [-0.1, -0.05) is 18.2 Å². The summed E-state index contributed by atoms with van der Waals surface area (Å²) in [5.74, 6) is 0. The molecule has 19 heavy (non-hydrogen) atoms. The molecule has 2 aromatic rings. The second kappa shape index (κ2) is 6.34. The molecule has 0 unspecified atom stereocenters. The molecule has 0 aliphatic rings. The molecule has 1 aromatic heterocycles. The summed E-state index contributed by atoms with van der Waals surface area (Å²) in [6.07, 6.45) is 2.80. The molecule has 1 heterocycles. The summed E-state index contributed by atoms with van der Waals surface area (Å²) < 4.78 is 0. The third-order valence-electron chi connectivity index (χ3n) is 3.34. The number of rotatable bonds is 5. The highest BCUT2D eigenvalue weighted by Crippen LogP contribution is 2.20. The first-order valence-electron chi connectivity index (χ1n) is 6.61. The third-order valence-corrected chi connectivity index (χ3v) is 3.34. The third kappa shape index (κ3) is 3.55. The highest BCUT2D eigenvalue weighted by molar-refractivity contribution is 5.54. The van der Waals surface area contributed by atoms with Crippen molar-refractivity contribution in [1.29, 1.82) is 0 Å². The van der Waals surface area contributed by atoms with E-state index in [4.69, 9.17) is 5.73 Å². The fraction of sp³-hybridized carbons (Fsp3) is 0.312. The summed E-state index contributed by atoms with van der Waals surface area (Å²) in [6, 6.07) is 12.5. The van der Waals surface area contributed by atoms with Crippen LogP contribution in [-0.4, -0.2) is 18.6 Å². The van der Waals surface area contributed by atoms with E-state index >= 15 is 0 Å². The van der Waals surface area contributed by atoms with E-state index in [0.29, 0.717) is 6.54 Å². The number of aromatic nitrogens is 1. The zero-order chi connectivity index (χ0) is 13.7. The van der Waals surface area contributed by atoms with Gasteiger partial charge in [-0.25, -0.2) is 0 Å². The predicted octanol–water partition coefficient (Wildman–Crippen LogP) is 2.53. The van der Waals surface area contributed by atoms with Crippen LogP contribution >= 0.6 is 0 Å². The van der Waals surface area contributed by atoms with Crippen LogP contribution in [0.2, 0.25) is 0 Å². The molecule has 0 saturated heterocycles. The van der Waals surface area contributed by atoms with E-state index in [9.17, 15) is 0 Å². The maximum absolute atomic E-state index is 5.66. The zero-order valence-electron chi connectivity index (χ0n) is 11.6. The zero-order valence-corrected chi connectivity index (χ0v) is 11.6. The Balaban J connectivity index is 2.02. The lowest BCUT2D eigenvalue weighted by atomic mass is 10.1. The van der Waals surface area contributed by atoms with Crippen LogP contribution in [0.1, 0.15) is 16.8 Å². The van der Waals surface area contributed by atoms with Gasteiger partial charge < -0.3 is 10.6 Å². The molecule has 0 aliphatic carbocycles. The average Bonchev–Trinajstić information content (AvgIpc) is 2.45. The first kappa shape index (κ1) is 13.6. The van der Waals surface area contributed by atoms with Crippen LogP contribution in [0.25, 0.3) is 0 Å². The summed E-state index contributed by atoms with van der Waals surface area (Å²) in [4.78, 5) is 6.62. The Morgan fingerprint density at radius 3 is 2.68 bits per heavy atom. The van der Waals surface area contributed by atoms with E-state index in [2.05, 4.69) is 48.1 Å². The number of likely N-dealkylation sites (N-methyl/N-ethyl adjacent to an activating group) is 1. The van der Waals surface area contributed by atoms with Gasteiger partial charge in [0.2, 0.25) is 0 Å². The summed E-state index contributed by atoms with van der Waals surface area (Å²) >= 11 is 0. The molecule has 0 amide bonds. The van der Waals surface area contributed by atoms with Gasteiger partial charge in [-0.15, -0.1) is 0 Å². The summed E-state index contributed by atoms with van der Waals surface area (Å²) in [6.45, 7) is 3.68. The predicted molar refractivity (Wildman–Crippen MR) is 80.3 cm³/mol. The lowest BCUT2D eigenvalue weighted by Crippen LogP contribution is -2.21. The monoisotopic (exact) mass is 255 g/mol. The molecule has 3 nitrogen and oxygen atoms in total. The number of hydrogen-bond donors (Lipinski definition) is 1. The minimum Gasteiger partial charge on any atom is -0.374 e. The number of nitrogens with zero attached hydrogens (tertiary/aromatic N) is 2. The molecule has 2 N–H and O–H groups in total. The summed E-state index contributed by atoms with van der Waals surface area (Å²) in [7, 11) is 2.12. The van der Waals surface area contributed by atoms with Crippen LogP contribution in [-0.2, 0) is 13.0 Å². The Morgan fingerprint density at radius 1 is 1.21 bits per heavy atom. The van der Waals surface area contributed by atoms with Gasteiger partial charge in [-0.3, -0.25) is 4.98 Å². The number of anilines is 1. The Kier molecular flexibility index (Phi) is 4.53. The van der Waals surface area contributed by atoms with Crippen molar-refractivity contribution in [2.45, 2.75) is 19.9 Å². The molecule has 0 fully saturated rings. The summed E-state index contributed by atoms with van der Waals surface area (Å²) in [5, 5.41) is 0. The fourth-order valence-corrected chi connectivity index (χ4v) is 2.22. The Hall–Kier alpha value is -1.87. The van der Waals surface area contributed by atoms with Gasteiger partial charge in [0.1, 0.15) is 0 Å². The van der Waals surface area contributed by atoms with Crippen LogP contribution < -0.4 is 10.6 Å². The molecule has 0 spiro atoms. The normalized spacial score (nSPS) is 10.5. The van der Waals surface area contributed by atoms with Gasteiger partial charge in [-0.05, 0) is 36.2 Å². The second-order valence-corrected chi connectivity index (χ2v) is 4.82. The number of aryl methyl sites for hydroxylation is 1. The van der Waals surface area contributed by atoms with Gasteiger partial charge in [0.15, 0.2) is 0 Å². The van der Waals surface area contributed by atoms with Crippen molar-refractivity contribution < 1.29 is 0 Å². The van der Waals surface area contributed by atoms with Crippen LogP contribution in [0.4, 0.5) is 5.69 Å². The van der Waals surface area contributed by atoms with Crippen molar-refractivity contribution in [3.8, 4) is 0 Å². The molecular weight excluding hydrogens is 234 g/mol. The largest absolute Gasteiger partial charge is 0.374 e. The van der Waals surface area contributed by atoms with Crippen molar-refractivity contribution in [2.75, 3.05) is 18.5 Å². The lowest BCUT2D eigenvalue weighted by Gasteiger charge is -2.21. The number of benzene rings is 1. The van der Waals surface area contributed by atoms with Crippen molar-refractivity contribution in [1.82, 2.24) is 4.98 Å². The van der Waals surface area contributed by atoms with Gasteiger partial charge in [-0.2, -0.15) is 0 Å². The molecule has 0 aliphatic heterocycles. The first-order valence-corrected chi connectivity index (χ1v) is 6.61. The molecule has 100 valence electrons. The van der Waals surface area contributed by atoms with Crippen LogP contribution in [0.5, 0.6) is 0 Å². The van der Waals surface area contributed by atoms with E-state index in [-0.39, 0.29) is 0 Å². The van der Waals surface area contributed by atoms with E-state index in [0.717, 1.165) is 18.7 Å². The van der Waals surface area contributed by atoms with Gasteiger partial charge in [0, 0.05) is 44.1 Å². The van der Waals surface area contributed by atoms with Crippen molar-refractivity contribution >= 4 is 5.69 Å². The fourth-order valence-electron chi connectivity index (χ4n) is 2.22. The lowest BCUT2D eigenvalue weighted by molar-refractivity contribution is 0.849. The Bertz CT molecular complexity index is 523. The molecule has 0 atom stereocenters. The minimum absolute atomic E-state index is 0.596. The maximum atomic E-state index is 5.66. The van der Waals surface area contributed by atoms with Crippen molar-refractivity contribution in [3.63, 3.8) is 0 Å². The number of pyridine rings is 1. The van der Waals surface area contributed by atoms with Crippen LogP contribution in [0, 0.1) is 6.92 Å². The highest BCUT2D eigenvalue weighted by atomic mass is 15.1. The topological polar surface area (TPSA) is 42.1 Å². The molecule has 3 heteroatoms.